The first-order valence-electron chi connectivity index (χ1n) is 7.58. The molecule has 3 nitrogen and oxygen atoms in total. The van der Waals surface area contributed by atoms with Crippen LogP contribution in [0.3, 0.4) is 0 Å². The Labute approximate surface area is 140 Å². The van der Waals surface area contributed by atoms with Crippen LogP contribution in [0.25, 0.3) is 0 Å². The number of fused-ring (bicyclic) bond motifs is 1. The number of aryl methyl sites for hydroxylation is 1. The molecule has 0 saturated carbocycles. The zero-order valence-electron chi connectivity index (χ0n) is 13.0. The molecule has 1 atom stereocenters. The number of Topliss-reactive ketones (excluding diaryl/α,β-unsaturated/α-hetero) is 1. The van der Waals surface area contributed by atoms with E-state index in [9.17, 15) is 9.59 Å². The molecule has 2 aromatic rings. The molecule has 2 aromatic carbocycles. The minimum absolute atomic E-state index is 0.0411. The maximum Gasteiger partial charge on any atom is 0.307 e. The predicted molar refractivity (Wildman–Crippen MR) is 90.8 cm³/mol. The van der Waals surface area contributed by atoms with E-state index in [0.717, 1.165) is 16.9 Å². The van der Waals surface area contributed by atoms with Crippen LogP contribution in [0.1, 0.15) is 28.8 Å². The lowest BCUT2D eigenvalue weighted by molar-refractivity contribution is -0.141. The van der Waals surface area contributed by atoms with Crippen LogP contribution in [0.4, 0.5) is 0 Å². The highest BCUT2D eigenvalue weighted by atomic mass is 32.2. The van der Waals surface area contributed by atoms with Gasteiger partial charge < -0.3 is 4.74 Å². The van der Waals surface area contributed by atoms with Gasteiger partial charge in [-0.15, -0.1) is 11.8 Å². The van der Waals surface area contributed by atoms with E-state index in [-0.39, 0.29) is 18.2 Å². The summed E-state index contributed by atoms with van der Waals surface area (Å²) in [6.45, 7) is 0. The van der Waals surface area contributed by atoms with E-state index in [1.165, 1.54) is 24.4 Å². The highest BCUT2D eigenvalue weighted by Crippen LogP contribution is 2.49. The van der Waals surface area contributed by atoms with Gasteiger partial charge >= 0.3 is 5.97 Å². The molecule has 4 heteroatoms. The van der Waals surface area contributed by atoms with Crippen LogP contribution in [0.15, 0.2) is 59.5 Å². The molecule has 0 radical (unpaired) electrons. The third-order valence-corrected chi connectivity index (χ3v) is 5.67. The molecule has 1 aliphatic rings. The van der Waals surface area contributed by atoms with Gasteiger partial charge in [-0.05, 0) is 24.5 Å². The normalized spacial score (nSPS) is 19.4. The second kappa shape index (κ2) is 6.59. The summed E-state index contributed by atoms with van der Waals surface area (Å²) in [5.41, 5.74) is 1.88. The van der Waals surface area contributed by atoms with Gasteiger partial charge in [0.2, 0.25) is 0 Å². The maximum atomic E-state index is 13.0. The van der Waals surface area contributed by atoms with Crippen LogP contribution < -0.4 is 0 Å². The van der Waals surface area contributed by atoms with Gasteiger partial charge in [0.1, 0.15) is 0 Å². The number of carbonyl (C=O) groups excluding carboxylic acids is 2. The summed E-state index contributed by atoms with van der Waals surface area (Å²) in [4.78, 5) is 25.8. The standard InChI is InChI=1S/C19H18O3S/c1-22-17(20)13-19(12-11-14-7-3-2-4-8-14)18(21)15-9-5-6-10-16(15)23-19/h2-10H,11-13H2,1H3/t19-/m1/s1. The molecule has 0 bridgehead atoms. The van der Waals surface area contributed by atoms with E-state index < -0.39 is 4.75 Å². The predicted octanol–water partition coefficient (Wildman–Crippen LogP) is 3.91. The molecular formula is C19H18O3S. The average molecular weight is 326 g/mol. The summed E-state index contributed by atoms with van der Waals surface area (Å²) >= 11 is 1.50. The fourth-order valence-corrected chi connectivity index (χ4v) is 4.35. The molecule has 0 N–H and O–H groups in total. The van der Waals surface area contributed by atoms with Crippen molar-refractivity contribution in [1.29, 1.82) is 0 Å². The topological polar surface area (TPSA) is 43.4 Å². The molecule has 0 unspecified atom stereocenters. The molecule has 1 aliphatic heterocycles. The largest absolute Gasteiger partial charge is 0.469 e. The van der Waals surface area contributed by atoms with E-state index in [4.69, 9.17) is 4.74 Å². The molecule has 0 amide bonds. The van der Waals surface area contributed by atoms with Crippen molar-refractivity contribution in [2.24, 2.45) is 0 Å². The third kappa shape index (κ3) is 3.17. The van der Waals surface area contributed by atoms with Crippen LogP contribution in [0.2, 0.25) is 0 Å². The van der Waals surface area contributed by atoms with Crippen molar-refractivity contribution in [3.8, 4) is 0 Å². The number of carbonyl (C=O) groups is 2. The highest BCUT2D eigenvalue weighted by molar-refractivity contribution is 8.02. The van der Waals surface area contributed by atoms with Gasteiger partial charge in [0.25, 0.3) is 0 Å². The fraction of sp³-hybridized carbons (Fsp3) is 0.263. The van der Waals surface area contributed by atoms with Gasteiger partial charge in [-0.25, -0.2) is 0 Å². The Hall–Kier alpha value is -2.07. The van der Waals surface area contributed by atoms with Crippen molar-refractivity contribution >= 4 is 23.5 Å². The van der Waals surface area contributed by atoms with Crippen LogP contribution >= 0.6 is 11.8 Å². The van der Waals surface area contributed by atoms with Gasteiger partial charge in [0.15, 0.2) is 5.78 Å². The Morgan fingerprint density at radius 1 is 1.09 bits per heavy atom. The van der Waals surface area contributed by atoms with E-state index in [2.05, 4.69) is 0 Å². The third-order valence-electron chi connectivity index (χ3n) is 4.17. The first kappa shape index (κ1) is 15.8. The molecule has 3 rings (SSSR count). The Morgan fingerprint density at radius 2 is 1.78 bits per heavy atom. The monoisotopic (exact) mass is 326 g/mol. The number of esters is 1. The molecule has 0 spiro atoms. The fourth-order valence-electron chi connectivity index (χ4n) is 2.91. The number of rotatable bonds is 5. The van der Waals surface area contributed by atoms with Crippen LogP contribution in [0, 0.1) is 0 Å². The van der Waals surface area contributed by atoms with Crippen LogP contribution in [-0.4, -0.2) is 23.6 Å². The van der Waals surface area contributed by atoms with E-state index in [1.54, 1.807) is 0 Å². The number of hydrogen-bond acceptors (Lipinski definition) is 4. The quantitative estimate of drug-likeness (QED) is 0.781. The van der Waals surface area contributed by atoms with Gasteiger partial charge in [0.05, 0.1) is 18.3 Å². The number of benzene rings is 2. The minimum Gasteiger partial charge on any atom is -0.469 e. The van der Waals surface area contributed by atoms with E-state index in [1.807, 2.05) is 54.6 Å². The Bertz CT molecular complexity index is 726. The number of ketones is 1. The summed E-state index contributed by atoms with van der Waals surface area (Å²) < 4.78 is 4.07. The maximum absolute atomic E-state index is 13.0. The first-order valence-corrected chi connectivity index (χ1v) is 8.40. The number of methoxy groups -OCH3 is 1. The van der Waals surface area contributed by atoms with Crippen molar-refractivity contribution in [2.75, 3.05) is 7.11 Å². The zero-order chi connectivity index (χ0) is 16.3. The lowest BCUT2D eigenvalue weighted by atomic mass is 9.88. The Balaban J connectivity index is 1.87. The summed E-state index contributed by atoms with van der Waals surface area (Å²) in [5.74, 6) is -0.300. The van der Waals surface area contributed by atoms with Crippen LogP contribution in [0.5, 0.6) is 0 Å². The van der Waals surface area contributed by atoms with Gasteiger partial charge in [0, 0.05) is 10.5 Å². The van der Waals surface area contributed by atoms with Crippen molar-refractivity contribution in [2.45, 2.75) is 28.9 Å². The van der Waals surface area contributed by atoms with Crippen molar-refractivity contribution in [3.05, 3.63) is 65.7 Å². The van der Waals surface area contributed by atoms with Crippen LogP contribution in [-0.2, 0) is 16.0 Å². The SMILES string of the molecule is COC(=O)C[C@@]1(CCc2ccccc2)Sc2ccccc2C1=O. The van der Waals surface area contributed by atoms with E-state index >= 15 is 0 Å². The first-order chi connectivity index (χ1) is 11.1. The molecular weight excluding hydrogens is 308 g/mol. The number of thioether (sulfide) groups is 1. The summed E-state index contributed by atoms with van der Waals surface area (Å²) in [7, 11) is 1.37. The smallest absolute Gasteiger partial charge is 0.307 e. The molecule has 0 saturated heterocycles. The molecule has 0 aromatic heterocycles. The van der Waals surface area contributed by atoms with Crippen molar-refractivity contribution < 1.29 is 14.3 Å². The summed E-state index contributed by atoms with van der Waals surface area (Å²) in [6, 6.07) is 17.6. The van der Waals surface area contributed by atoms with E-state index in [0.29, 0.717) is 6.42 Å². The summed E-state index contributed by atoms with van der Waals surface area (Å²) in [6.07, 6.45) is 1.48. The zero-order valence-corrected chi connectivity index (χ0v) is 13.8. The highest BCUT2D eigenvalue weighted by Gasteiger charge is 2.47. The summed E-state index contributed by atoms with van der Waals surface area (Å²) in [5, 5.41) is 0. The lowest BCUT2D eigenvalue weighted by Crippen LogP contribution is -2.35. The van der Waals surface area contributed by atoms with Gasteiger partial charge in [-0.3, -0.25) is 9.59 Å². The number of hydrogen-bond donors (Lipinski definition) is 0. The Morgan fingerprint density at radius 3 is 2.48 bits per heavy atom. The van der Waals surface area contributed by atoms with Crippen molar-refractivity contribution in [1.82, 2.24) is 0 Å². The molecule has 0 fully saturated rings. The van der Waals surface area contributed by atoms with Gasteiger partial charge in [-0.1, -0.05) is 48.5 Å². The second-order valence-corrected chi connectivity index (χ2v) is 7.09. The molecule has 1 heterocycles. The number of ether oxygens (including phenoxy) is 1. The lowest BCUT2D eigenvalue weighted by Gasteiger charge is -2.25. The van der Waals surface area contributed by atoms with Gasteiger partial charge in [-0.2, -0.15) is 0 Å². The minimum atomic E-state index is -0.757. The Kier molecular flexibility index (Phi) is 4.53. The molecule has 23 heavy (non-hydrogen) atoms. The second-order valence-electron chi connectivity index (χ2n) is 5.66. The average Bonchev–Trinajstić information content (AvgIpc) is 2.87. The molecule has 118 valence electrons. The molecule has 0 aliphatic carbocycles. The van der Waals surface area contributed by atoms with Crippen molar-refractivity contribution in [3.63, 3.8) is 0 Å².